The van der Waals surface area contributed by atoms with Crippen LogP contribution in [0.1, 0.15) is 16.7 Å². The van der Waals surface area contributed by atoms with E-state index in [0.29, 0.717) is 11.1 Å². The third-order valence-electron chi connectivity index (χ3n) is 2.75. The summed E-state index contributed by atoms with van der Waals surface area (Å²) in [6.45, 7) is -0.568. The minimum atomic E-state index is -0.886. The Balaban J connectivity index is 2.22. The van der Waals surface area contributed by atoms with Gasteiger partial charge in [-0.1, -0.05) is 18.2 Å². The highest BCUT2D eigenvalue weighted by Crippen LogP contribution is 2.24. The van der Waals surface area contributed by atoms with E-state index < -0.39 is 24.0 Å². The molecule has 0 amide bonds. The molecular weight excluding hydrogens is 264 g/mol. The molecular formula is C15H11F2NO2. The van der Waals surface area contributed by atoms with E-state index in [1.165, 1.54) is 0 Å². The lowest BCUT2D eigenvalue weighted by Crippen LogP contribution is -2.02. The van der Waals surface area contributed by atoms with Crippen molar-refractivity contribution in [2.24, 2.45) is 0 Å². The summed E-state index contributed by atoms with van der Waals surface area (Å²) >= 11 is 0. The second kappa shape index (κ2) is 6.13. The molecule has 0 saturated carbocycles. The van der Waals surface area contributed by atoms with Gasteiger partial charge < -0.3 is 9.84 Å². The van der Waals surface area contributed by atoms with Crippen molar-refractivity contribution in [2.75, 3.05) is 0 Å². The fraction of sp³-hybridized carbons (Fsp3) is 0.133. The van der Waals surface area contributed by atoms with Gasteiger partial charge in [-0.15, -0.1) is 0 Å². The second-order valence-electron chi connectivity index (χ2n) is 4.10. The van der Waals surface area contributed by atoms with Crippen LogP contribution < -0.4 is 4.74 Å². The number of aliphatic hydroxyl groups excluding tert-OH is 1. The maximum absolute atomic E-state index is 13.6. The second-order valence-corrected chi connectivity index (χ2v) is 4.10. The van der Waals surface area contributed by atoms with Crippen LogP contribution in [-0.4, -0.2) is 5.11 Å². The highest BCUT2D eigenvalue weighted by molar-refractivity contribution is 5.37. The molecule has 2 rings (SSSR count). The number of hydrogen-bond donors (Lipinski definition) is 1. The molecule has 0 aliphatic carbocycles. The predicted molar refractivity (Wildman–Crippen MR) is 67.8 cm³/mol. The van der Waals surface area contributed by atoms with E-state index in [4.69, 9.17) is 15.1 Å². The maximum Gasteiger partial charge on any atom is 0.191 e. The van der Waals surface area contributed by atoms with Gasteiger partial charge in [0.05, 0.1) is 18.2 Å². The van der Waals surface area contributed by atoms with E-state index in [-0.39, 0.29) is 12.2 Å². The number of ether oxygens (including phenoxy) is 1. The van der Waals surface area contributed by atoms with Gasteiger partial charge in [-0.05, 0) is 23.8 Å². The predicted octanol–water partition coefficient (Wildman–Crippen LogP) is 2.91. The number of nitriles is 1. The molecule has 0 radical (unpaired) electrons. The number of aliphatic hydroxyl groups is 1. The van der Waals surface area contributed by atoms with E-state index in [1.54, 1.807) is 24.3 Å². The minimum absolute atomic E-state index is 0.115. The van der Waals surface area contributed by atoms with Crippen molar-refractivity contribution < 1.29 is 18.6 Å². The average Bonchev–Trinajstić information content (AvgIpc) is 2.46. The Bertz CT molecular complexity index is 642. The molecule has 20 heavy (non-hydrogen) atoms. The quantitative estimate of drug-likeness (QED) is 0.933. The lowest BCUT2D eigenvalue weighted by atomic mass is 10.1. The minimum Gasteiger partial charge on any atom is -0.483 e. The van der Waals surface area contributed by atoms with E-state index in [9.17, 15) is 8.78 Å². The van der Waals surface area contributed by atoms with E-state index in [1.807, 2.05) is 6.07 Å². The van der Waals surface area contributed by atoms with Gasteiger partial charge in [0.25, 0.3) is 0 Å². The summed E-state index contributed by atoms with van der Waals surface area (Å²) in [5.74, 6) is -2.29. The monoisotopic (exact) mass is 275 g/mol. The van der Waals surface area contributed by atoms with Gasteiger partial charge in [-0.2, -0.15) is 5.26 Å². The molecule has 0 bridgehead atoms. The van der Waals surface area contributed by atoms with E-state index in [2.05, 4.69) is 0 Å². The zero-order valence-corrected chi connectivity index (χ0v) is 10.4. The summed E-state index contributed by atoms with van der Waals surface area (Å²) < 4.78 is 32.4. The molecule has 0 aliphatic rings. The smallest absolute Gasteiger partial charge is 0.191 e. The number of nitrogens with zero attached hydrogens (tertiary/aromatic N) is 1. The summed E-state index contributed by atoms with van der Waals surface area (Å²) in [4.78, 5) is 0. The molecule has 0 aliphatic heterocycles. The first-order valence-corrected chi connectivity index (χ1v) is 5.85. The van der Waals surface area contributed by atoms with Crippen LogP contribution >= 0.6 is 0 Å². The molecule has 0 fully saturated rings. The van der Waals surface area contributed by atoms with Crippen molar-refractivity contribution in [1.82, 2.24) is 0 Å². The van der Waals surface area contributed by atoms with Gasteiger partial charge in [0.1, 0.15) is 6.61 Å². The van der Waals surface area contributed by atoms with Crippen molar-refractivity contribution >= 4 is 0 Å². The summed E-state index contributed by atoms with van der Waals surface area (Å²) in [6, 6.07) is 10.6. The third-order valence-corrected chi connectivity index (χ3v) is 2.75. The molecule has 3 nitrogen and oxygen atoms in total. The topological polar surface area (TPSA) is 53.2 Å². The van der Waals surface area contributed by atoms with E-state index in [0.717, 1.165) is 12.1 Å². The molecule has 0 spiro atoms. The van der Waals surface area contributed by atoms with E-state index >= 15 is 0 Å². The molecule has 0 atom stereocenters. The van der Waals surface area contributed by atoms with Crippen LogP contribution in [0.25, 0.3) is 0 Å². The van der Waals surface area contributed by atoms with Gasteiger partial charge >= 0.3 is 0 Å². The number of halogens is 2. The number of hydrogen-bond acceptors (Lipinski definition) is 3. The zero-order chi connectivity index (χ0) is 14.5. The van der Waals surface area contributed by atoms with Crippen LogP contribution in [0.2, 0.25) is 0 Å². The highest BCUT2D eigenvalue weighted by Gasteiger charge is 2.13. The molecule has 2 aromatic rings. The summed E-state index contributed by atoms with van der Waals surface area (Å²) in [5, 5.41) is 17.8. The van der Waals surface area contributed by atoms with Crippen LogP contribution in [-0.2, 0) is 13.2 Å². The summed E-state index contributed by atoms with van der Waals surface area (Å²) in [6.07, 6.45) is 0. The molecule has 0 heterocycles. The first-order valence-electron chi connectivity index (χ1n) is 5.85. The molecule has 0 unspecified atom stereocenters. The van der Waals surface area contributed by atoms with Crippen LogP contribution in [0.15, 0.2) is 36.4 Å². The molecule has 0 aromatic heterocycles. The number of benzene rings is 2. The molecule has 102 valence electrons. The first kappa shape index (κ1) is 14.0. The van der Waals surface area contributed by atoms with Crippen molar-refractivity contribution in [3.8, 4) is 11.8 Å². The first-order chi connectivity index (χ1) is 9.65. The highest BCUT2D eigenvalue weighted by atomic mass is 19.1. The Kier molecular flexibility index (Phi) is 4.28. The molecule has 0 saturated heterocycles. The van der Waals surface area contributed by atoms with Crippen molar-refractivity contribution in [2.45, 2.75) is 13.2 Å². The van der Waals surface area contributed by atoms with Gasteiger partial charge in [-0.3, -0.25) is 0 Å². The SMILES string of the molecule is N#Cc1ccccc1COc1c(F)cc(CO)cc1F. The van der Waals surface area contributed by atoms with Crippen LogP contribution in [0.5, 0.6) is 5.75 Å². The third kappa shape index (κ3) is 2.92. The zero-order valence-electron chi connectivity index (χ0n) is 10.4. The number of rotatable bonds is 4. The van der Waals surface area contributed by atoms with Gasteiger partial charge in [0.2, 0.25) is 0 Å². The fourth-order valence-electron chi connectivity index (χ4n) is 1.75. The Morgan fingerprint density at radius 3 is 2.40 bits per heavy atom. The van der Waals surface area contributed by atoms with Gasteiger partial charge in [0.15, 0.2) is 17.4 Å². The van der Waals surface area contributed by atoms with Gasteiger partial charge in [0, 0.05) is 5.56 Å². The lowest BCUT2D eigenvalue weighted by Gasteiger charge is -2.10. The fourth-order valence-corrected chi connectivity index (χ4v) is 1.75. The van der Waals surface area contributed by atoms with Crippen LogP contribution in [0.3, 0.4) is 0 Å². The Morgan fingerprint density at radius 1 is 1.15 bits per heavy atom. The summed E-state index contributed by atoms with van der Waals surface area (Å²) in [7, 11) is 0. The Labute approximate surface area is 114 Å². The van der Waals surface area contributed by atoms with Gasteiger partial charge in [-0.25, -0.2) is 8.78 Å². The Hall–Kier alpha value is -2.45. The Morgan fingerprint density at radius 2 is 1.80 bits per heavy atom. The molecule has 5 heteroatoms. The largest absolute Gasteiger partial charge is 0.483 e. The van der Waals surface area contributed by atoms with Crippen LogP contribution in [0, 0.1) is 23.0 Å². The molecule has 1 N–H and O–H groups in total. The average molecular weight is 275 g/mol. The van der Waals surface area contributed by atoms with Crippen LogP contribution in [0.4, 0.5) is 8.78 Å². The molecule has 2 aromatic carbocycles. The standard InChI is InChI=1S/C15H11F2NO2/c16-13-5-10(8-19)6-14(17)15(13)20-9-12-4-2-1-3-11(12)7-18/h1-6,19H,8-9H2. The van der Waals surface area contributed by atoms with Crippen molar-refractivity contribution in [1.29, 1.82) is 5.26 Å². The summed E-state index contributed by atoms with van der Waals surface area (Å²) in [5.41, 5.74) is 1.06. The van der Waals surface area contributed by atoms with Crippen molar-refractivity contribution in [3.63, 3.8) is 0 Å². The normalized spacial score (nSPS) is 10.1. The lowest BCUT2D eigenvalue weighted by molar-refractivity contribution is 0.266. The van der Waals surface area contributed by atoms with Crippen molar-refractivity contribution in [3.05, 3.63) is 64.7 Å². The maximum atomic E-state index is 13.6.